The maximum atomic E-state index is 12.7. The van der Waals surface area contributed by atoms with Crippen molar-refractivity contribution < 1.29 is 13.3 Å². The van der Waals surface area contributed by atoms with Crippen molar-refractivity contribution in [3.05, 3.63) is 33.4 Å². The van der Waals surface area contributed by atoms with Gasteiger partial charge in [-0.25, -0.2) is 12.7 Å². The van der Waals surface area contributed by atoms with Gasteiger partial charge in [-0.05, 0) is 37.4 Å². The maximum Gasteiger partial charge on any atom is 0.273 e. The largest absolute Gasteiger partial charge is 0.330 e. The van der Waals surface area contributed by atoms with Crippen LogP contribution in [0.4, 0.5) is 5.69 Å². The summed E-state index contributed by atoms with van der Waals surface area (Å²) in [5, 5.41) is 11.0. The molecule has 0 saturated heterocycles. The van der Waals surface area contributed by atoms with Crippen molar-refractivity contribution in [3.8, 4) is 0 Å². The summed E-state index contributed by atoms with van der Waals surface area (Å²) < 4.78 is 26.6. The monoisotopic (exact) mass is 365 g/mol. The smallest absolute Gasteiger partial charge is 0.273 e. The summed E-state index contributed by atoms with van der Waals surface area (Å²) >= 11 is 0. The summed E-state index contributed by atoms with van der Waals surface area (Å²) in [6.07, 6.45) is 0. The van der Waals surface area contributed by atoms with Gasteiger partial charge in [-0.15, -0.1) is 12.4 Å². The summed E-state index contributed by atoms with van der Waals surface area (Å²) in [6, 6.07) is 2.65. The first-order valence-corrected chi connectivity index (χ1v) is 8.28. The maximum absolute atomic E-state index is 12.7. The average molecular weight is 366 g/mol. The number of nitro groups is 1. The third-order valence-electron chi connectivity index (χ3n) is 3.58. The van der Waals surface area contributed by atoms with E-state index in [9.17, 15) is 18.5 Å². The topological polar surface area (TPSA) is 107 Å². The van der Waals surface area contributed by atoms with Gasteiger partial charge >= 0.3 is 0 Å². The number of nitro benzene ring substituents is 1. The Hall–Kier alpha value is -1.22. The van der Waals surface area contributed by atoms with Crippen LogP contribution in [0.5, 0.6) is 0 Å². The van der Waals surface area contributed by atoms with Gasteiger partial charge in [0.15, 0.2) is 0 Å². The van der Waals surface area contributed by atoms with Crippen LogP contribution in [-0.2, 0) is 10.0 Å². The highest BCUT2D eigenvalue weighted by Gasteiger charge is 2.30. The number of hydrogen-bond acceptors (Lipinski definition) is 5. The first kappa shape index (κ1) is 21.8. The van der Waals surface area contributed by atoms with Crippen molar-refractivity contribution in [2.75, 3.05) is 20.1 Å². The molecule has 0 fully saturated rings. The number of hydrogen-bond donors (Lipinski definition) is 1. The predicted octanol–water partition coefficient (Wildman–Crippen LogP) is 2.24. The van der Waals surface area contributed by atoms with E-state index in [1.807, 2.05) is 13.8 Å². The molecular formula is C14H24ClN3O4S. The summed E-state index contributed by atoms with van der Waals surface area (Å²) in [5.41, 5.74) is 5.98. The van der Waals surface area contributed by atoms with E-state index < -0.39 is 14.9 Å². The van der Waals surface area contributed by atoms with E-state index in [0.717, 1.165) is 6.07 Å². The molecule has 0 aliphatic rings. The van der Waals surface area contributed by atoms with Crippen molar-refractivity contribution in [1.29, 1.82) is 0 Å². The fraction of sp³-hybridized carbons (Fsp3) is 0.571. The van der Waals surface area contributed by atoms with Crippen LogP contribution >= 0.6 is 12.4 Å². The van der Waals surface area contributed by atoms with E-state index in [4.69, 9.17) is 5.73 Å². The SMILES string of the molecule is Cc1cc(C)c(S(=O)(=O)N(C)CC(C)(C)CN)cc1[N+](=O)[O-].Cl. The molecule has 1 aromatic carbocycles. The van der Waals surface area contributed by atoms with E-state index in [2.05, 4.69) is 0 Å². The fourth-order valence-corrected chi connectivity index (χ4v) is 3.80. The van der Waals surface area contributed by atoms with E-state index in [0.29, 0.717) is 17.7 Å². The highest BCUT2D eigenvalue weighted by atomic mass is 35.5. The molecule has 0 aliphatic heterocycles. The van der Waals surface area contributed by atoms with Gasteiger partial charge < -0.3 is 5.73 Å². The molecule has 0 amide bonds. The molecule has 7 nitrogen and oxygen atoms in total. The highest BCUT2D eigenvalue weighted by Crippen LogP contribution is 2.28. The Balaban J connectivity index is 0.00000484. The van der Waals surface area contributed by atoms with Crippen molar-refractivity contribution in [3.63, 3.8) is 0 Å². The fourth-order valence-electron chi connectivity index (χ4n) is 2.22. The van der Waals surface area contributed by atoms with E-state index in [1.54, 1.807) is 13.8 Å². The third-order valence-corrected chi connectivity index (χ3v) is 5.53. The number of nitrogens with two attached hydrogens (primary N) is 1. The van der Waals surface area contributed by atoms with Crippen LogP contribution in [0.2, 0.25) is 0 Å². The van der Waals surface area contributed by atoms with Crippen LogP contribution in [0.1, 0.15) is 25.0 Å². The second-order valence-corrected chi connectivity index (χ2v) is 8.30. The molecule has 2 N–H and O–H groups in total. The summed E-state index contributed by atoms with van der Waals surface area (Å²) in [7, 11) is -2.36. The van der Waals surface area contributed by atoms with Crippen molar-refractivity contribution >= 4 is 28.1 Å². The van der Waals surface area contributed by atoms with Crippen molar-refractivity contribution in [1.82, 2.24) is 4.31 Å². The minimum absolute atomic E-state index is 0. The number of benzene rings is 1. The molecule has 132 valence electrons. The van der Waals surface area contributed by atoms with Gasteiger partial charge in [0.2, 0.25) is 10.0 Å². The lowest BCUT2D eigenvalue weighted by Gasteiger charge is -2.28. The average Bonchev–Trinajstić information content (AvgIpc) is 2.37. The first-order chi connectivity index (χ1) is 9.92. The number of nitrogens with zero attached hydrogens (tertiary/aromatic N) is 2. The Labute approximate surface area is 143 Å². The Morgan fingerprint density at radius 3 is 2.22 bits per heavy atom. The molecule has 9 heteroatoms. The van der Waals surface area contributed by atoms with Crippen molar-refractivity contribution in [2.45, 2.75) is 32.6 Å². The van der Waals surface area contributed by atoms with Gasteiger partial charge in [-0.3, -0.25) is 10.1 Å². The minimum Gasteiger partial charge on any atom is -0.330 e. The Kier molecular flexibility index (Phi) is 7.16. The van der Waals surface area contributed by atoms with E-state index >= 15 is 0 Å². The molecule has 1 rings (SSSR count). The summed E-state index contributed by atoms with van der Waals surface area (Å²) in [5.74, 6) is 0. The Morgan fingerprint density at radius 2 is 1.78 bits per heavy atom. The molecule has 0 heterocycles. The number of aryl methyl sites for hydroxylation is 2. The molecule has 0 radical (unpaired) electrons. The van der Waals surface area contributed by atoms with Crippen LogP contribution < -0.4 is 5.73 Å². The lowest BCUT2D eigenvalue weighted by Crippen LogP contribution is -2.39. The zero-order valence-corrected chi connectivity index (χ0v) is 15.6. The van der Waals surface area contributed by atoms with Crippen LogP contribution in [0.25, 0.3) is 0 Å². The molecule has 0 atom stereocenters. The number of halogens is 1. The van der Waals surface area contributed by atoms with Crippen LogP contribution in [-0.4, -0.2) is 37.8 Å². The van der Waals surface area contributed by atoms with Gasteiger partial charge in [0.25, 0.3) is 5.69 Å². The van der Waals surface area contributed by atoms with Gasteiger partial charge in [0, 0.05) is 25.2 Å². The lowest BCUT2D eigenvalue weighted by atomic mass is 9.94. The predicted molar refractivity (Wildman–Crippen MR) is 92.5 cm³/mol. The standard InChI is InChI=1S/C14H23N3O4S.ClH/c1-10-6-11(2)13(7-12(10)17(18)19)22(20,21)16(5)9-14(3,4)8-15;/h6-7H,8-9,15H2,1-5H3;1H. The second kappa shape index (κ2) is 7.57. The van der Waals surface area contributed by atoms with Crippen LogP contribution in [0.3, 0.4) is 0 Å². The zero-order chi connectivity index (χ0) is 17.3. The second-order valence-electron chi connectivity index (χ2n) is 6.29. The van der Waals surface area contributed by atoms with Gasteiger partial charge in [0.05, 0.1) is 9.82 Å². The molecule has 0 saturated carbocycles. The lowest BCUT2D eigenvalue weighted by molar-refractivity contribution is -0.385. The molecule has 0 unspecified atom stereocenters. The zero-order valence-electron chi connectivity index (χ0n) is 14.0. The molecule has 1 aromatic rings. The molecule has 0 bridgehead atoms. The van der Waals surface area contributed by atoms with Gasteiger partial charge in [0.1, 0.15) is 0 Å². The van der Waals surface area contributed by atoms with Crippen molar-refractivity contribution in [2.24, 2.45) is 11.1 Å². The Bertz CT molecular complexity index is 690. The quantitative estimate of drug-likeness (QED) is 0.614. The molecular weight excluding hydrogens is 342 g/mol. The normalized spacial score (nSPS) is 12.1. The van der Waals surface area contributed by atoms with E-state index in [-0.39, 0.29) is 34.9 Å². The first-order valence-electron chi connectivity index (χ1n) is 6.84. The molecule has 0 spiro atoms. The molecule has 23 heavy (non-hydrogen) atoms. The minimum atomic E-state index is -3.81. The highest BCUT2D eigenvalue weighted by molar-refractivity contribution is 7.89. The Morgan fingerprint density at radius 1 is 1.26 bits per heavy atom. The molecule has 0 aromatic heterocycles. The summed E-state index contributed by atoms with van der Waals surface area (Å²) in [6.45, 7) is 7.51. The van der Waals surface area contributed by atoms with Gasteiger partial charge in [-0.1, -0.05) is 13.8 Å². The van der Waals surface area contributed by atoms with Crippen LogP contribution in [0.15, 0.2) is 17.0 Å². The van der Waals surface area contributed by atoms with E-state index in [1.165, 1.54) is 17.4 Å². The van der Waals surface area contributed by atoms with Gasteiger partial charge in [-0.2, -0.15) is 0 Å². The third kappa shape index (κ3) is 4.87. The summed E-state index contributed by atoms with van der Waals surface area (Å²) in [4.78, 5) is 10.4. The number of sulfonamides is 1. The van der Waals surface area contributed by atoms with Crippen LogP contribution in [0, 0.1) is 29.4 Å². The number of rotatable bonds is 6. The molecule has 0 aliphatic carbocycles.